The summed E-state index contributed by atoms with van der Waals surface area (Å²) < 4.78 is 1.35. The average Bonchev–Trinajstić information content (AvgIpc) is 2.56. The predicted octanol–water partition coefficient (Wildman–Crippen LogP) is 0.188. The highest BCUT2D eigenvalue weighted by molar-refractivity contribution is 6.28. The van der Waals surface area contributed by atoms with Crippen LogP contribution in [0.4, 0.5) is 5.82 Å². The molecule has 0 aliphatic carbocycles. The van der Waals surface area contributed by atoms with E-state index in [1.165, 1.54) is 10.8 Å². The third-order valence-electron chi connectivity index (χ3n) is 1.82. The molecular formula is C7H10ClN3O4. The minimum absolute atomic E-state index is 0.00756. The van der Waals surface area contributed by atoms with Gasteiger partial charge in [-0.15, -0.1) is 0 Å². The van der Waals surface area contributed by atoms with E-state index in [9.17, 15) is 10.1 Å². The van der Waals surface area contributed by atoms with Crippen molar-refractivity contribution in [1.82, 2.24) is 9.55 Å². The number of aliphatic hydroxyl groups excluding tert-OH is 2. The molecule has 0 aliphatic heterocycles. The van der Waals surface area contributed by atoms with E-state index in [0.717, 1.165) is 0 Å². The Balaban J connectivity index is 2.65. The Labute approximate surface area is 90.1 Å². The second-order valence-corrected chi connectivity index (χ2v) is 3.28. The summed E-state index contributed by atoms with van der Waals surface area (Å²) in [5.41, 5.74) is 0. The van der Waals surface area contributed by atoms with Crippen molar-refractivity contribution in [1.29, 1.82) is 0 Å². The molecule has 0 saturated heterocycles. The Morgan fingerprint density at radius 1 is 1.73 bits per heavy atom. The summed E-state index contributed by atoms with van der Waals surface area (Å²) >= 11 is 5.62. The standard InChI is InChI=1S/C7H10ClN3O4/c8-7-9-6(11(14)15)3-10(7)2-1-5(13)4-12/h3,5,12-13H,1-2,4H2. The molecule has 0 bridgehead atoms. The molecule has 1 rings (SSSR count). The molecule has 1 aromatic rings. The van der Waals surface area contributed by atoms with Crippen LogP contribution in [0, 0.1) is 10.1 Å². The third-order valence-corrected chi connectivity index (χ3v) is 2.12. The van der Waals surface area contributed by atoms with Crippen LogP contribution in [0.25, 0.3) is 0 Å². The van der Waals surface area contributed by atoms with Gasteiger partial charge in [-0.1, -0.05) is 0 Å². The van der Waals surface area contributed by atoms with Gasteiger partial charge in [0.25, 0.3) is 0 Å². The lowest BCUT2D eigenvalue weighted by molar-refractivity contribution is -0.389. The monoisotopic (exact) mass is 235 g/mol. The number of hydrogen-bond donors (Lipinski definition) is 2. The lowest BCUT2D eigenvalue weighted by Crippen LogP contribution is -2.14. The Morgan fingerprint density at radius 2 is 2.40 bits per heavy atom. The molecule has 0 amide bonds. The number of halogens is 1. The van der Waals surface area contributed by atoms with Crippen molar-refractivity contribution in [2.75, 3.05) is 6.61 Å². The molecule has 0 aromatic carbocycles. The highest BCUT2D eigenvalue weighted by Crippen LogP contribution is 2.15. The lowest BCUT2D eigenvalue weighted by atomic mass is 10.3. The Kier molecular flexibility index (Phi) is 4.01. The highest BCUT2D eigenvalue weighted by Gasteiger charge is 2.17. The van der Waals surface area contributed by atoms with Crippen molar-refractivity contribution < 1.29 is 15.1 Å². The van der Waals surface area contributed by atoms with Crippen LogP contribution in [0.3, 0.4) is 0 Å². The molecule has 0 spiro atoms. The third kappa shape index (κ3) is 3.15. The molecule has 7 nitrogen and oxygen atoms in total. The van der Waals surface area contributed by atoms with Crippen LogP contribution in [0.5, 0.6) is 0 Å². The van der Waals surface area contributed by atoms with Gasteiger partial charge in [-0.05, 0) is 27.9 Å². The van der Waals surface area contributed by atoms with Crippen LogP contribution >= 0.6 is 11.6 Å². The van der Waals surface area contributed by atoms with Crippen molar-refractivity contribution in [2.45, 2.75) is 19.1 Å². The molecule has 1 unspecified atom stereocenters. The van der Waals surface area contributed by atoms with E-state index in [-0.39, 0.29) is 30.7 Å². The average molecular weight is 236 g/mol. The van der Waals surface area contributed by atoms with Crippen LogP contribution in [0.2, 0.25) is 5.28 Å². The van der Waals surface area contributed by atoms with E-state index in [1.54, 1.807) is 0 Å². The maximum Gasteiger partial charge on any atom is 0.383 e. The minimum Gasteiger partial charge on any atom is -0.394 e. The van der Waals surface area contributed by atoms with Crippen LogP contribution < -0.4 is 0 Å². The van der Waals surface area contributed by atoms with E-state index < -0.39 is 11.0 Å². The maximum atomic E-state index is 10.3. The van der Waals surface area contributed by atoms with Crippen molar-refractivity contribution in [3.63, 3.8) is 0 Å². The van der Waals surface area contributed by atoms with Gasteiger partial charge in [0.15, 0.2) is 0 Å². The minimum atomic E-state index is -0.859. The topological polar surface area (TPSA) is 101 Å². The van der Waals surface area contributed by atoms with Crippen molar-refractivity contribution >= 4 is 17.4 Å². The summed E-state index contributed by atoms with van der Waals surface area (Å²) in [5, 5.41) is 28.0. The van der Waals surface area contributed by atoms with Crippen molar-refractivity contribution in [3.05, 3.63) is 21.6 Å². The van der Waals surface area contributed by atoms with E-state index in [0.29, 0.717) is 0 Å². The molecule has 15 heavy (non-hydrogen) atoms. The number of nitro groups is 1. The number of aliphatic hydroxyl groups is 2. The molecular weight excluding hydrogens is 226 g/mol. The summed E-state index contributed by atoms with van der Waals surface area (Å²) in [6.07, 6.45) is 0.582. The van der Waals surface area contributed by atoms with Crippen molar-refractivity contribution in [2.24, 2.45) is 0 Å². The molecule has 2 N–H and O–H groups in total. The summed E-state index contributed by atoms with van der Waals surface area (Å²) in [7, 11) is 0. The van der Waals surface area contributed by atoms with E-state index in [4.69, 9.17) is 21.8 Å². The first-order valence-electron chi connectivity index (χ1n) is 4.20. The Morgan fingerprint density at radius 3 is 2.87 bits per heavy atom. The van der Waals surface area contributed by atoms with E-state index in [2.05, 4.69) is 4.98 Å². The van der Waals surface area contributed by atoms with Crippen LogP contribution in [-0.2, 0) is 6.54 Å². The number of nitrogens with zero attached hydrogens (tertiary/aromatic N) is 3. The zero-order valence-corrected chi connectivity index (χ0v) is 8.46. The molecule has 1 heterocycles. The molecule has 8 heteroatoms. The van der Waals surface area contributed by atoms with Crippen LogP contribution in [0.1, 0.15) is 6.42 Å². The first kappa shape index (κ1) is 11.9. The maximum absolute atomic E-state index is 10.3. The normalized spacial score (nSPS) is 12.7. The van der Waals surface area contributed by atoms with Crippen LogP contribution in [0.15, 0.2) is 6.20 Å². The second-order valence-electron chi connectivity index (χ2n) is 2.94. The predicted molar refractivity (Wildman–Crippen MR) is 51.6 cm³/mol. The first-order chi connectivity index (χ1) is 7.04. The zero-order valence-electron chi connectivity index (χ0n) is 7.71. The number of aromatic nitrogens is 2. The number of hydrogen-bond acceptors (Lipinski definition) is 5. The van der Waals surface area contributed by atoms with E-state index in [1.807, 2.05) is 0 Å². The molecule has 0 aliphatic rings. The molecule has 0 fully saturated rings. The summed E-state index contributed by atoms with van der Waals surface area (Å²) in [4.78, 5) is 13.2. The molecule has 0 saturated carbocycles. The molecule has 1 atom stereocenters. The van der Waals surface area contributed by atoms with Gasteiger partial charge in [0.2, 0.25) is 0 Å². The fourth-order valence-corrected chi connectivity index (χ4v) is 1.22. The second kappa shape index (κ2) is 5.06. The first-order valence-corrected chi connectivity index (χ1v) is 4.58. The summed E-state index contributed by atoms with van der Waals surface area (Å²) in [6, 6.07) is 0. The largest absolute Gasteiger partial charge is 0.394 e. The SMILES string of the molecule is O=[N+]([O-])c1cn(CCC(O)CO)c(Cl)n1. The van der Waals surface area contributed by atoms with Gasteiger partial charge in [-0.25, -0.2) is 0 Å². The van der Waals surface area contributed by atoms with Gasteiger partial charge in [-0.3, -0.25) is 4.57 Å². The number of rotatable bonds is 5. The highest BCUT2D eigenvalue weighted by atomic mass is 35.5. The van der Waals surface area contributed by atoms with E-state index >= 15 is 0 Å². The van der Waals surface area contributed by atoms with Crippen molar-refractivity contribution in [3.8, 4) is 0 Å². The lowest BCUT2D eigenvalue weighted by Gasteiger charge is -2.06. The fraction of sp³-hybridized carbons (Fsp3) is 0.571. The zero-order chi connectivity index (χ0) is 11.4. The van der Waals surface area contributed by atoms with Gasteiger partial charge >= 0.3 is 11.1 Å². The molecule has 84 valence electrons. The van der Waals surface area contributed by atoms with Gasteiger partial charge in [0, 0.05) is 6.54 Å². The van der Waals surface area contributed by atoms with Crippen LogP contribution in [-0.4, -0.2) is 37.4 Å². The van der Waals surface area contributed by atoms with Gasteiger partial charge in [0.1, 0.15) is 6.20 Å². The smallest absolute Gasteiger partial charge is 0.383 e. The quantitative estimate of drug-likeness (QED) is 0.560. The fourth-order valence-electron chi connectivity index (χ4n) is 1.00. The Hall–Kier alpha value is -1.18. The van der Waals surface area contributed by atoms with Gasteiger partial charge in [-0.2, -0.15) is 0 Å². The Bertz CT molecular complexity index is 354. The summed E-state index contributed by atoms with van der Waals surface area (Å²) in [5.74, 6) is -0.335. The summed E-state index contributed by atoms with van der Waals surface area (Å²) in [6.45, 7) is -0.0875. The number of aryl methyl sites for hydroxylation is 1. The molecule has 0 radical (unpaired) electrons. The van der Waals surface area contributed by atoms with Gasteiger partial charge in [0.05, 0.1) is 12.7 Å². The van der Waals surface area contributed by atoms with Gasteiger partial charge < -0.3 is 20.3 Å². The number of imidazole rings is 1. The molecule has 1 aromatic heterocycles.